The number of nitrogens with zero attached hydrogens (tertiary/aromatic N) is 2. The van der Waals surface area contributed by atoms with E-state index in [-0.39, 0.29) is 5.97 Å². The first kappa shape index (κ1) is 15.1. The molecule has 1 fully saturated rings. The van der Waals surface area contributed by atoms with Crippen LogP contribution in [0, 0.1) is 0 Å². The Bertz CT molecular complexity index is 885. The highest BCUT2D eigenvalue weighted by Gasteiger charge is 2.52. The standard InChI is InChI=1S/C18H17N3O2S/c1-23-17(22)18(8-9-18)13-3-5-14(6-4-13)19-11-12-2-7-15-16(10-12)21-24-20-15/h2-7,10,19H,8-9,11H2,1H3. The predicted molar refractivity (Wildman–Crippen MR) is 94.1 cm³/mol. The van der Waals surface area contributed by atoms with Gasteiger partial charge >= 0.3 is 5.97 Å². The van der Waals surface area contributed by atoms with Gasteiger partial charge in [-0.05, 0) is 48.2 Å². The van der Waals surface area contributed by atoms with Crippen molar-refractivity contribution in [3.8, 4) is 0 Å². The second kappa shape index (κ2) is 5.87. The number of esters is 1. The number of hydrogen-bond acceptors (Lipinski definition) is 6. The molecule has 0 saturated heterocycles. The molecule has 122 valence electrons. The molecule has 1 aliphatic carbocycles. The SMILES string of the molecule is COC(=O)C1(c2ccc(NCc3ccc4nsnc4c3)cc2)CC1. The number of hydrogen-bond donors (Lipinski definition) is 1. The van der Waals surface area contributed by atoms with E-state index >= 15 is 0 Å². The van der Waals surface area contributed by atoms with Gasteiger partial charge in [0.2, 0.25) is 0 Å². The average Bonchev–Trinajstić information content (AvgIpc) is 3.31. The van der Waals surface area contributed by atoms with Gasteiger partial charge in [0.15, 0.2) is 0 Å². The van der Waals surface area contributed by atoms with Crippen LogP contribution < -0.4 is 5.32 Å². The Balaban J connectivity index is 1.45. The monoisotopic (exact) mass is 339 g/mol. The van der Waals surface area contributed by atoms with Gasteiger partial charge in [0.25, 0.3) is 0 Å². The number of carbonyl (C=O) groups excluding carboxylic acids is 1. The van der Waals surface area contributed by atoms with E-state index in [0.717, 1.165) is 47.2 Å². The van der Waals surface area contributed by atoms with Crippen LogP contribution in [-0.2, 0) is 21.5 Å². The molecule has 0 unspecified atom stereocenters. The number of methoxy groups -OCH3 is 1. The first-order chi connectivity index (χ1) is 11.7. The molecule has 1 N–H and O–H groups in total. The van der Waals surface area contributed by atoms with Crippen molar-refractivity contribution in [1.29, 1.82) is 0 Å². The summed E-state index contributed by atoms with van der Waals surface area (Å²) >= 11 is 1.23. The van der Waals surface area contributed by atoms with E-state index < -0.39 is 5.41 Å². The highest BCUT2D eigenvalue weighted by atomic mass is 32.1. The number of aromatic nitrogens is 2. The fraction of sp³-hybridized carbons (Fsp3) is 0.278. The summed E-state index contributed by atoms with van der Waals surface area (Å²) in [5.74, 6) is -0.131. The second-order valence-electron chi connectivity index (χ2n) is 6.09. The van der Waals surface area contributed by atoms with Crippen molar-refractivity contribution in [3.05, 3.63) is 53.6 Å². The topological polar surface area (TPSA) is 64.1 Å². The summed E-state index contributed by atoms with van der Waals surface area (Å²) in [6.07, 6.45) is 1.74. The van der Waals surface area contributed by atoms with E-state index in [2.05, 4.69) is 26.2 Å². The molecular weight excluding hydrogens is 322 g/mol. The molecule has 1 heterocycles. The fourth-order valence-corrected chi connectivity index (χ4v) is 3.50. The molecule has 2 aromatic carbocycles. The molecule has 6 heteroatoms. The van der Waals surface area contributed by atoms with E-state index in [1.807, 2.05) is 30.3 Å². The maximum absolute atomic E-state index is 11.9. The Kier molecular flexibility index (Phi) is 3.69. The van der Waals surface area contributed by atoms with E-state index in [9.17, 15) is 4.79 Å². The quantitative estimate of drug-likeness (QED) is 0.721. The van der Waals surface area contributed by atoms with E-state index in [4.69, 9.17) is 4.74 Å². The van der Waals surface area contributed by atoms with Gasteiger partial charge in [-0.25, -0.2) is 0 Å². The first-order valence-electron chi connectivity index (χ1n) is 7.85. The normalized spacial score (nSPS) is 15.2. The van der Waals surface area contributed by atoms with Crippen LogP contribution in [0.4, 0.5) is 5.69 Å². The smallest absolute Gasteiger partial charge is 0.316 e. The summed E-state index contributed by atoms with van der Waals surface area (Å²) in [7, 11) is 1.45. The molecule has 1 saturated carbocycles. The van der Waals surface area contributed by atoms with Gasteiger partial charge in [0.1, 0.15) is 11.0 Å². The minimum absolute atomic E-state index is 0.131. The molecule has 0 bridgehead atoms. The van der Waals surface area contributed by atoms with Crippen LogP contribution in [0.3, 0.4) is 0 Å². The summed E-state index contributed by atoms with van der Waals surface area (Å²) in [5.41, 5.74) is 4.68. The van der Waals surface area contributed by atoms with E-state index in [0.29, 0.717) is 0 Å². The summed E-state index contributed by atoms with van der Waals surface area (Å²) in [4.78, 5) is 11.9. The number of carbonyl (C=O) groups is 1. The molecule has 3 aromatic rings. The van der Waals surface area contributed by atoms with Crippen LogP contribution >= 0.6 is 11.7 Å². The lowest BCUT2D eigenvalue weighted by atomic mass is 9.96. The van der Waals surface area contributed by atoms with E-state index in [1.165, 1.54) is 18.8 Å². The lowest BCUT2D eigenvalue weighted by molar-refractivity contribution is -0.143. The number of benzene rings is 2. The minimum atomic E-state index is -0.407. The Labute approximate surface area is 144 Å². The number of nitrogens with one attached hydrogen (secondary N) is 1. The Morgan fingerprint density at radius 3 is 2.62 bits per heavy atom. The molecule has 1 aromatic heterocycles. The van der Waals surface area contributed by atoms with Crippen molar-refractivity contribution < 1.29 is 9.53 Å². The zero-order valence-corrected chi connectivity index (χ0v) is 14.1. The molecule has 0 atom stereocenters. The predicted octanol–water partition coefficient (Wildman–Crippen LogP) is 3.51. The van der Waals surface area contributed by atoms with Gasteiger partial charge in [-0.1, -0.05) is 18.2 Å². The van der Waals surface area contributed by atoms with Gasteiger partial charge in [-0.15, -0.1) is 0 Å². The highest BCUT2D eigenvalue weighted by molar-refractivity contribution is 7.00. The van der Waals surface area contributed by atoms with Crippen LogP contribution in [0.5, 0.6) is 0 Å². The molecule has 24 heavy (non-hydrogen) atoms. The fourth-order valence-electron chi connectivity index (χ4n) is 2.98. The third-order valence-electron chi connectivity index (χ3n) is 4.58. The minimum Gasteiger partial charge on any atom is -0.468 e. The van der Waals surface area contributed by atoms with Crippen molar-refractivity contribution in [2.75, 3.05) is 12.4 Å². The molecule has 4 rings (SSSR count). The molecule has 0 radical (unpaired) electrons. The van der Waals surface area contributed by atoms with Gasteiger partial charge in [0, 0.05) is 12.2 Å². The summed E-state index contributed by atoms with van der Waals surface area (Å²) < 4.78 is 13.4. The van der Waals surface area contributed by atoms with Crippen molar-refractivity contribution in [2.45, 2.75) is 24.8 Å². The van der Waals surface area contributed by atoms with Crippen LogP contribution in [0.1, 0.15) is 24.0 Å². The Morgan fingerprint density at radius 1 is 1.17 bits per heavy atom. The van der Waals surface area contributed by atoms with Crippen LogP contribution in [0.2, 0.25) is 0 Å². The largest absolute Gasteiger partial charge is 0.468 e. The lowest BCUT2D eigenvalue weighted by Gasteiger charge is -2.14. The van der Waals surface area contributed by atoms with Gasteiger partial charge in [0.05, 0.1) is 24.3 Å². The maximum atomic E-state index is 11.9. The molecule has 0 amide bonds. The molecule has 0 spiro atoms. The third-order valence-corrected chi connectivity index (χ3v) is 5.14. The van der Waals surface area contributed by atoms with Crippen molar-refractivity contribution in [3.63, 3.8) is 0 Å². The van der Waals surface area contributed by atoms with Crippen LogP contribution in [0.15, 0.2) is 42.5 Å². The maximum Gasteiger partial charge on any atom is 0.316 e. The zero-order chi connectivity index (χ0) is 16.6. The van der Waals surface area contributed by atoms with Crippen LogP contribution in [-0.4, -0.2) is 21.8 Å². The van der Waals surface area contributed by atoms with Crippen molar-refractivity contribution >= 4 is 34.4 Å². The summed E-state index contributed by atoms with van der Waals surface area (Å²) in [6, 6.07) is 14.2. The lowest BCUT2D eigenvalue weighted by Crippen LogP contribution is -2.21. The zero-order valence-electron chi connectivity index (χ0n) is 13.3. The molecule has 1 aliphatic rings. The molecular formula is C18H17N3O2S. The van der Waals surface area contributed by atoms with Gasteiger partial charge < -0.3 is 10.1 Å². The summed E-state index contributed by atoms with van der Waals surface area (Å²) in [5, 5.41) is 3.40. The third kappa shape index (κ3) is 2.63. The van der Waals surface area contributed by atoms with Crippen molar-refractivity contribution in [2.24, 2.45) is 0 Å². The number of ether oxygens (including phenoxy) is 1. The van der Waals surface area contributed by atoms with Crippen molar-refractivity contribution in [1.82, 2.24) is 8.75 Å². The second-order valence-corrected chi connectivity index (χ2v) is 6.62. The Morgan fingerprint density at radius 2 is 1.92 bits per heavy atom. The number of anilines is 1. The van der Waals surface area contributed by atoms with Gasteiger partial charge in [-0.2, -0.15) is 8.75 Å². The van der Waals surface area contributed by atoms with Gasteiger partial charge in [-0.3, -0.25) is 4.79 Å². The highest BCUT2D eigenvalue weighted by Crippen LogP contribution is 2.49. The number of fused-ring (bicyclic) bond motifs is 1. The average molecular weight is 339 g/mol. The Hall–Kier alpha value is -2.47. The van der Waals surface area contributed by atoms with Crippen LogP contribution in [0.25, 0.3) is 11.0 Å². The van der Waals surface area contributed by atoms with E-state index in [1.54, 1.807) is 0 Å². The molecule has 0 aliphatic heterocycles. The first-order valence-corrected chi connectivity index (χ1v) is 8.58. The summed E-state index contributed by atoms with van der Waals surface area (Å²) in [6.45, 7) is 0.717. The molecule has 5 nitrogen and oxygen atoms in total. The number of rotatable bonds is 5.